The van der Waals surface area contributed by atoms with Gasteiger partial charge in [0, 0.05) is 10.0 Å². The number of carbonyl (C=O) groups excluding carboxylic acids is 1. The van der Waals surface area contributed by atoms with Crippen LogP contribution in [0.4, 0.5) is 0 Å². The number of nitrogens with zero attached hydrogens (tertiary/aromatic N) is 3. The van der Waals surface area contributed by atoms with E-state index in [1.54, 1.807) is 48.9 Å². The van der Waals surface area contributed by atoms with Crippen molar-refractivity contribution in [1.29, 1.82) is 0 Å². The number of hydrogen-bond acceptors (Lipinski definition) is 6. The van der Waals surface area contributed by atoms with Gasteiger partial charge in [-0.05, 0) is 53.7 Å². The average Bonchev–Trinajstić information content (AvgIpc) is 3.36. The van der Waals surface area contributed by atoms with E-state index in [2.05, 4.69) is 26.1 Å². The van der Waals surface area contributed by atoms with Crippen molar-refractivity contribution in [3.8, 4) is 5.75 Å². The number of thioether (sulfide) groups is 1. The molecule has 0 unspecified atom stereocenters. The van der Waals surface area contributed by atoms with E-state index in [9.17, 15) is 9.90 Å². The minimum Gasteiger partial charge on any atom is -0.507 e. The molecular formula is C22H16BrN3O3S. The van der Waals surface area contributed by atoms with Crippen LogP contribution in [0, 0.1) is 0 Å². The van der Waals surface area contributed by atoms with Gasteiger partial charge in [-0.2, -0.15) is 5.10 Å². The lowest BCUT2D eigenvalue weighted by molar-refractivity contribution is -0.122. The molecule has 8 heteroatoms. The van der Waals surface area contributed by atoms with Gasteiger partial charge in [0.15, 0.2) is 5.17 Å². The minimum absolute atomic E-state index is 0.0872. The molecule has 1 amide bonds. The number of amidine groups is 1. The molecule has 1 aliphatic rings. The van der Waals surface area contributed by atoms with Crippen LogP contribution in [0.25, 0.3) is 6.08 Å². The summed E-state index contributed by atoms with van der Waals surface area (Å²) in [6.07, 6.45) is 4.83. The first-order valence-electron chi connectivity index (χ1n) is 8.98. The number of phenolic OH excluding ortho intramolecular Hbond substituents is 1. The Labute approximate surface area is 185 Å². The lowest BCUT2D eigenvalue weighted by atomic mass is 10.2. The molecule has 30 heavy (non-hydrogen) atoms. The third kappa shape index (κ3) is 4.72. The van der Waals surface area contributed by atoms with Crippen LogP contribution < -0.4 is 0 Å². The van der Waals surface area contributed by atoms with Crippen LogP contribution in [-0.4, -0.2) is 27.3 Å². The zero-order valence-electron chi connectivity index (χ0n) is 15.6. The largest absolute Gasteiger partial charge is 0.507 e. The maximum atomic E-state index is 13.0. The first kappa shape index (κ1) is 20.2. The van der Waals surface area contributed by atoms with Gasteiger partial charge >= 0.3 is 0 Å². The van der Waals surface area contributed by atoms with Crippen LogP contribution in [0.5, 0.6) is 5.75 Å². The number of benzene rings is 2. The summed E-state index contributed by atoms with van der Waals surface area (Å²) in [5.41, 5.74) is 1.44. The Morgan fingerprint density at radius 3 is 2.73 bits per heavy atom. The Morgan fingerprint density at radius 2 is 1.97 bits per heavy atom. The van der Waals surface area contributed by atoms with Gasteiger partial charge in [0.25, 0.3) is 5.91 Å². The zero-order valence-corrected chi connectivity index (χ0v) is 18.0. The molecule has 0 saturated carbocycles. The van der Waals surface area contributed by atoms with E-state index in [0.29, 0.717) is 21.4 Å². The van der Waals surface area contributed by atoms with Crippen LogP contribution in [0.2, 0.25) is 0 Å². The van der Waals surface area contributed by atoms with Gasteiger partial charge in [-0.3, -0.25) is 9.69 Å². The molecule has 0 aliphatic carbocycles. The second kappa shape index (κ2) is 9.15. The third-order valence-electron chi connectivity index (χ3n) is 4.21. The number of carbonyl (C=O) groups is 1. The van der Waals surface area contributed by atoms with Crippen LogP contribution in [0.15, 0.2) is 90.9 Å². The summed E-state index contributed by atoms with van der Waals surface area (Å²) in [7, 11) is 0. The molecule has 2 aromatic carbocycles. The number of aromatic hydroxyl groups is 1. The number of rotatable bonds is 5. The van der Waals surface area contributed by atoms with E-state index in [1.807, 2.05) is 30.3 Å². The van der Waals surface area contributed by atoms with Crippen LogP contribution in [0.3, 0.4) is 0 Å². The Bertz CT molecular complexity index is 1140. The van der Waals surface area contributed by atoms with E-state index in [1.165, 1.54) is 16.7 Å². The topological polar surface area (TPSA) is 78.4 Å². The molecule has 3 aromatic rings. The SMILES string of the molecule is O=C1/C(=C/c2cc(Br)ccc2O)S/C(=N/N=C\c2ccccc2)N1Cc1ccco1. The predicted molar refractivity (Wildman–Crippen MR) is 122 cm³/mol. The van der Waals surface area contributed by atoms with Gasteiger partial charge in [-0.1, -0.05) is 46.3 Å². The molecule has 0 atom stereocenters. The van der Waals surface area contributed by atoms with Crippen molar-refractivity contribution < 1.29 is 14.3 Å². The number of phenols is 1. The van der Waals surface area contributed by atoms with E-state index >= 15 is 0 Å². The van der Waals surface area contributed by atoms with Crippen molar-refractivity contribution in [2.45, 2.75) is 6.54 Å². The molecule has 0 bridgehead atoms. The Kier molecular flexibility index (Phi) is 6.15. The molecule has 2 heterocycles. The maximum Gasteiger partial charge on any atom is 0.267 e. The number of amides is 1. The highest BCUT2D eigenvalue weighted by Gasteiger charge is 2.34. The molecule has 1 aliphatic heterocycles. The second-order valence-corrected chi connectivity index (χ2v) is 8.25. The fraction of sp³-hybridized carbons (Fsp3) is 0.0455. The monoisotopic (exact) mass is 481 g/mol. The quantitative estimate of drug-likeness (QED) is 0.306. The minimum atomic E-state index is -0.232. The molecule has 1 fully saturated rings. The van der Waals surface area contributed by atoms with Gasteiger partial charge in [-0.15, -0.1) is 5.10 Å². The molecule has 1 saturated heterocycles. The summed E-state index contributed by atoms with van der Waals surface area (Å²) < 4.78 is 6.19. The number of hydrogen-bond donors (Lipinski definition) is 1. The highest BCUT2D eigenvalue weighted by molar-refractivity contribution is 9.10. The van der Waals surface area contributed by atoms with Gasteiger partial charge in [-0.25, -0.2) is 0 Å². The molecule has 1 aromatic heterocycles. The van der Waals surface area contributed by atoms with Gasteiger partial charge in [0.2, 0.25) is 0 Å². The number of halogens is 1. The summed E-state index contributed by atoms with van der Waals surface area (Å²) >= 11 is 4.58. The van der Waals surface area contributed by atoms with Crippen molar-refractivity contribution in [3.05, 3.63) is 93.2 Å². The van der Waals surface area contributed by atoms with Crippen molar-refractivity contribution in [2.75, 3.05) is 0 Å². The van der Waals surface area contributed by atoms with Crippen molar-refractivity contribution in [2.24, 2.45) is 10.2 Å². The molecule has 0 radical (unpaired) electrons. The first-order valence-corrected chi connectivity index (χ1v) is 10.6. The normalized spacial score (nSPS) is 17.0. The van der Waals surface area contributed by atoms with Crippen LogP contribution in [0.1, 0.15) is 16.9 Å². The summed E-state index contributed by atoms with van der Waals surface area (Å²) in [4.78, 5) is 15.0. The Balaban J connectivity index is 1.65. The summed E-state index contributed by atoms with van der Waals surface area (Å²) in [6.45, 7) is 0.236. The molecular weight excluding hydrogens is 466 g/mol. The lowest BCUT2D eigenvalue weighted by Gasteiger charge is -2.12. The predicted octanol–water partition coefficient (Wildman–Crippen LogP) is 5.25. The van der Waals surface area contributed by atoms with Crippen LogP contribution >= 0.6 is 27.7 Å². The molecule has 4 rings (SSSR count). The van der Waals surface area contributed by atoms with Crippen LogP contribution in [-0.2, 0) is 11.3 Å². The van der Waals surface area contributed by atoms with E-state index in [-0.39, 0.29) is 18.2 Å². The summed E-state index contributed by atoms with van der Waals surface area (Å²) in [5.74, 6) is 0.490. The third-order valence-corrected chi connectivity index (χ3v) is 5.70. The van der Waals surface area contributed by atoms with E-state index < -0.39 is 0 Å². The molecule has 0 spiro atoms. The fourth-order valence-corrected chi connectivity index (χ4v) is 4.05. The summed E-state index contributed by atoms with van der Waals surface area (Å²) in [6, 6.07) is 18.2. The zero-order chi connectivity index (χ0) is 20.9. The van der Waals surface area contributed by atoms with E-state index in [0.717, 1.165) is 10.0 Å². The lowest BCUT2D eigenvalue weighted by Crippen LogP contribution is -2.28. The fourth-order valence-electron chi connectivity index (χ4n) is 2.75. The van der Waals surface area contributed by atoms with Gasteiger partial charge in [0.1, 0.15) is 11.5 Å². The standard InChI is InChI=1S/C22H16BrN3O3S/c23-17-8-9-19(27)16(11-17)12-20-21(28)26(14-18-7-4-10-29-18)22(30-20)25-24-13-15-5-2-1-3-6-15/h1-13,27H,14H2/b20-12-,24-13-,25-22+. The maximum absolute atomic E-state index is 13.0. The highest BCUT2D eigenvalue weighted by atomic mass is 79.9. The Morgan fingerprint density at radius 1 is 1.13 bits per heavy atom. The van der Waals surface area contributed by atoms with Crippen molar-refractivity contribution in [1.82, 2.24) is 4.90 Å². The van der Waals surface area contributed by atoms with E-state index in [4.69, 9.17) is 4.42 Å². The second-order valence-electron chi connectivity index (χ2n) is 6.32. The van der Waals surface area contributed by atoms with Gasteiger partial charge in [0.05, 0.1) is 23.9 Å². The van der Waals surface area contributed by atoms with Crippen molar-refractivity contribution in [3.63, 3.8) is 0 Å². The smallest absolute Gasteiger partial charge is 0.267 e. The first-order chi connectivity index (χ1) is 14.6. The molecule has 150 valence electrons. The highest BCUT2D eigenvalue weighted by Crippen LogP contribution is 2.35. The average molecular weight is 482 g/mol. The summed E-state index contributed by atoms with van der Waals surface area (Å²) in [5, 5.41) is 19.0. The number of furan rings is 1. The van der Waals surface area contributed by atoms with Gasteiger partial charge < -0.3 is 9.52 Å². The molecule has 1 N–H and O–H groups in total. The van der Waals surface area contributed by atoms with Crippen molar-refractivity contribution >= 4 is 51.1 Å². The molecule has 6 nitrogen and oxygen atoms in total. The Hall–Kier alpha value is -3.10.